The van der Waals surface area contributed by atoms with Gasteiger partial charge >= 0.3 is 6.18 Å². The van der Waals surface area contributed by atoms with Crippen molar-refractivity contribution in [2.45, 2.75) is 19.5 Å². The fourth-order valence-corrected chi connectivity index (χ4v) is 2.33. The molecular formula is C12H13F3N4OS. The predicted octanol–water partition coefficient (Wildman–Crippen LogP) is 2.92. The molecule has 0 amide bonds. The molecule has 2 rings (SSSR count). The molecule has 0 bridgehead atoms. The highest BCUT2D eigenvalue weighted by Gasteiger charge is 2.35. The van der Waals surface area contributed by atoms with Crippen LogP contribution < -0.4 is 10.1 Å². The molecule has 0 spiro atoms. The van der Waals surface area contributed by atoms with Gasteiger partial charge in [0.15, 0.2) is 0 Å². The standard InChI is InChI=1S/C12H13F3N4OS/c1-7-8(21-6-17-7)3-4-20-10-5-9(16-2)18-11(19-10)12(13,14)15/h5-6H,3-4H2,1-2H3,(H,16,18,19). The van der Waals surface area contributed by atoms with E-state index < -0.39 is 12.0 Å². The largest absolute Gasteiger partial charge is 0.477 e. The lowest BCUT2D eigenvalue weighted by Gasteiger charge is -2.10. The lowest BCUT2D eigenvalue weighted by Crippen LogP contribution is -2.14. The van der Waals surface area contributed by atoms with Crippen molar-refractivity contribution in [3.63, 3.8) is 0 Å². The van der Waals surface area contributed by atoms with Crippen LogP contribution in [0.15, 0.2) is 11.6 Å². The molecule has 0 aromatic carbocycles. The second-order valence-corrected chi connectivity index (χ2v) is 5.06. The van der Waals surface area contributed by atoms with E-state index >= 15 is 0 Å². The van der Waals surface area contributed by atoms with Crippen LogP contribution in [0.1, 0.15) is 16.4 Å². The molecule has 0 aliphatic heterocycles. The lowest BCUT2D eigenvalue weighted by atomic mass is 10.3. The van der Waals surface area contributed by atoms with E-state index in [1.165, 1.54) is 24.5 Å². The number of ether oxygens (including phenoxy) is 1. The molecule has 0 radical (unpaired) electrons. The van der Waals surface area contributed by atoms with Crippen LogP contribution in [0.3, 0.4) is 0 Å². The van der Waals surface area contributed by atoms with Crippen LogP contribution in [0.4, 0.5) is 19.0 Å². The summed E-state index contributed by atoms with van der Waals surface area (Å²) in [6.45, 7) is 2.10. The molecule has 5 nitrogen and oxygen atoms in total. The molecule has 0 atom stereocenters. The molecule has 1 N–H and O–H groups in total. The number of aromatic nitrogens is 3. The molecule has 2 heterocycles. The zero-order chi connectivity index (χ0) is 15.5. The Morgan fingerprint density at radius 3 is 2.67 bits per heavy atom. The molecule has 0 unspecified atom stereocenters. The van der Waals surface area contributed by atoms with Crippen LogP contribution in [0, 0.1) is 6.92 Å². The van der Waals surface area contributed by atoms with Crippen molar-refractivity contribution >= 4 is 17.2 Å². The maximum atomic E-state index is 12.7. The Labute approximate surface area is 123 Å². The lowest BCUT2D eigenvalue weighted by molar-refractivity contribution is -0.145. The quantitative estimate of drug-likeness (QED) is 0.918. The highest BCUT2D eigenvalue weighted by molar-refractivity contribution is 7.09. The fraction of sp³-hybridized carbons (Fsp3) is 0.417. The van der Waals surface area contributed by atoms with E-state index in [9.17, 15) is 13.2 Å². The Bertz CT molecular complexity index is 615. The molecule has 0 aliphatic rings. The van der Waals surface area contributed by atoms with Gasteiger partial charge in [-0.2, -0.15) is 18.2 Å². The number of rotatable bonds is 5. The van der Waals surface area contributed by atoms with Crippen LogP contribution in [-0.2, 0) is 12.6 Å². The van der Waals surface area contributed by atoms with E-state index in [0.29, 0.717) is 6.42 Å². The van der Waals surface area contributed by atoms with Crippen molar-refractivity contribution < 1.29 is 17.9 Å². The Balaban J connectivity index is 2.07. The van der Waals surface area contributed by atoms with Crippen molar-refractivity contribution in [2.24, 2.45) is 0 Å². The molecule has 9 heteroatoms. The van der Waals surface area contributed by atoms with E-state index in [2.05, 4.69) is 20.3 Å². The zero-order valence-corrected chi connectivity index (χ0v) is 12.2. The fourth-order valence-electron chi connectivity index (χ4n) is 1.57. The Morgan fingerprint density at radius 1 is 1.33 bits per heavy atom. The summed E-state index contributed by atoms with van der Waals surface area (Å²) >= 11 is 1.48. The van der Waals surface area contributed by atoms with Crippen LogP contribution in [0.5, 0.6) is 5.88 Å². The van der Waals surface area contributed by atoms with Gasteiger partial charge in [-0.15, -0.1) is 11.3 Å². The van der Waals surface area contributed by atoms with Gasteiger partial charge in [-0.1, -0.05) is 0 Å². The molecule has 0 saturated heterocycles. The average molecular weight is 318 g/mol. The third-order valence-corrected chi connectivity index (χ3v) is 3.63. The van der Waals surface area contributed by atoms with E-state index in [-0.39, 0.29) is 18.3 Å². The number of hydrogen-bond donors (Lipinski definition) is 1. The van der Waals surface area contributed by atoms with Crippen molar-refractivity contribution in [2.75, 3.05) is 19.0 Å². The average Bonchev–Trinajstić information content (AvgIpc) is 2.83. The molecule has 2 aromatic heterocycles. The summed E-state index contributed by atoms with van der Waals surface area (Å²) in [6.07, 6.45) is -4.05. The van der Waals surface area contributed by atoms with Crippen molar-refractivity contribution in [1.29, 1.82) is 0 Å². The number of anilines is 1. The molecular weight excluding hydrogens is 305 g/mol. The second-order valence-electron chi connectivity index (χ2n) is 4.12. The SMILES string of the molecule is CNc1cc(OCCc2scnc2C)nc(C(F)(F)F)n1. The van der Waals surface area contributed by atoms with Gasteiger partial charge in [0.25, 0.3) is 0 Å². The highest BCUT2D eigenvalue weighted by atomic mass is 32.1. The number of aryl methyl sites for hydroxylation is 1. The summed E-state index contributed by atoms with van der Waals surface area (Å²) in [7, 11) is 1.48. The highest BCUT2D eigenvalue weighted by Crippen LogP contribution is 2.28. The predicted molar refractivity (Wildman–Crippen MR) is 72.6 cm³/mol. The number of thiazole rings is 1. The third kappa shape index (κ3) is 4.03. The first-order valence-electron chi connectivity index (χ1n) is 6.06. The number of nitrogens with zero attached hydrogens (tertiary/aromatic N) is 3. The van der Waals surface area contributed by atoms with Gasteiger partial charge < -0.3 is 10.1 Å². The minimum atomic E-state index is -4.61. The Morgan fingerprint density at radius 2 is 2.10 bits per heavy atom. The van der Waals surface area contributed by atoms with E-state index in [0.717, 1.165) is 10.6 Å². The third-order valence-electron chi connectivity index (χ3n) is 2.64. The van der Waals surface area contributed by atoms with Gasteiger partial charge in [0.2, 0.25) is 11.7 Å². The molecule has 0 fully saturated rings. The summed E-state index contributed by atoms with van der Waals surface area (Å²) in [4.78, 5) is 11.9. The van der Waals surface area contributed by atoms with Crippen LogP contribution >= 0.6 is 11.3 Å². The summed E-state index contributed by atoms with van der Waals surface area (Å²) in [5, 5.41) is 2.55. The zero-order valence-electron chi connectivity index (χ0n) is 11.4. The van der Waals surface area contributed by atoms with Gasteiger partial charge in [0.1, 0.15) is 5.82 Å². The first-order valence-corrected chi connectivity index (χ1v) is 6.94. The summed E-state index contributed by atoms with van der Waals surface area (Å²) in [5.74, 6) is -1.27. The van der Waals surface area contributed by atoms with Crippen LogP contribution in [0.2, 0.25) is 0 Å². The van der Waals surface area contributed by atoms with Gasteiger partial charge in [0, 0.05) is 24.4 Å². The molecule has 21 heavy (non-hydrogen) atoms. The normalized spacial score (nSPS) is 11.5. The summed E-state index contributed by atoms with van der Waals surface area (Å²) in [6, 6.07) is 1.33. The topological polar surface area (TPSA) is 59.9 Å². The molecule has 2 aromatic rings. The molecule has 0 aliphatic carbocycles. The molecule has 114 valence electrons. The Hall–Kier alpha value is -1.90. The number of hydrogen-bond acceptors (Lipinski definition) is 6. The van der Waals surface area contributed by atoms with Gasteiger partial charge in [-0.05, 0) is 6.92 Å². The maximum absolute atomic E-state index is 12.7. The van der Waals surface area contributed by atoms with Crippen LogP contribution in [0.25, 0.3) is 0 Å². The van der Waals surface area contributed by atoms with Crippen molar-refractivity contribution in [1.82, 2.24) is 15.0 Å². The maximum Gasteiger partial charge on any atom is 0.451 e. The minimum Gasteiger partial charge on any atom is -0.477 e. The van der Waals surface area contributed by atoms with Gasteiger partial charge in [-0.25, -0.2) is 9.97 Å². The van der Waals surface area contributed by atoms with E-state index in [4.69, 9.17) is 4.74 Å². The van der Waals surface area contributed by atoms with Crippen molar-refractivity contribution in [3.8, 4) is 5.88 Å². The van der Waals surface area contributed by atoms with Gasteiger partial charge in [0.05, 0.1) is 17.8 Å². The first-order chi connectivity index (χ1) is 9.90. The second kappa shape index (κ2) is 6.25. The van der Waals surface area contributed by atoms with Crippen molar-refractivity contribution in [3.05, 3.63) is 28.0 Å². The van der Waals surface area contributed by atoms with Crippen LogP contribution in [-0.4, -0.2) is 28.6 Å². The number of halogens is 3. The monoisotopic (exact) mass is 318 g/mol. The minimum absolute atomic E-state index is 0.0568. The summed E-state index contributed by atoms with van der Waals surface area (Å²) in [5.41, 5.74) is 2.62. The number of nitrogens with one attached hydrogen (secondary N) is 1. The smallest absolute Gasteiger partial charge is 0.451 e. The van der Waals surface area contributed by atoms with Gasteiger partial charge in [-0.3, -0.25) is 0 Å². The first kappa shape index (κ1) is 15.5. The molecule has 0 saturated carbocycles. The van der Waals surface area contributed by atoms with E-state index in [1.54, 1.807) is 5.51 Å². The van der Waals surface area contributed by atoms with E-state index in [1.807, 2.05) is 6.92 Å². The Kier molecular flexibility index (Phi) is 4.61. The summed E-state index contributed by atoms with van der Waals surface area (Å²) < 4.78 is 43.3. The number of alkyl halides is 3.